The Morgan fingerprint density at radius 3 is 2.95 bits per heavy atom. The number of hydrogen-bond acceptors (Lipinski definition) is 4. The van der Waals surface area contributed by atoms with E-state index in [4.69, 9.17) is 26.8 Å². The Morgan fingerprint density at radius 2 is 2.10 bits per heavy atom. The van der Waals surface area contributed by atoms with Crippen LogP contribution in [-0.4, -0.2) is 6.79 Å². The number of anilines is 1. The number of nitrogen functional groups attached to an aromatic ring is 1. The Kier molecular flexibility index (Phi) is 3.68. The van der Waals surface area contributed by atoms with Gasteiger partial charge in [0.15, 0.2) is 11.5 Å². The van der Waals surface area contributed by atoms with Gasteiger partial charge >= 0.3 is 0 Å². The Bertz CT molecular complexity index is 661. The molecule has 0 atom stereocenters. The summed E-state index contributed by atoms with van der Waals surface area (Å²) in [4.78, 5) is 1.08. The molecule has 0 spiro atoms. The molecule has 2 aromatic carbocycles. The molecule has 0 fully saturated rings. The number of nitrogens with two attached hydrogens (primary N) is 1. The largest absolute Gasteiger partial charge is 0.454 e. The Hall–Kier alpha value is -1.52. The maximum absolute atomic E-state index is 6.17. The summed E-state index contributed by atoms with van der Waals surface area (Å²) in [7, 11) is 0. The first-order chi connectivity index (χ1) is 9.63. The van der Waals surface area contributed by atoms with Gasteiger partial charge in [-0.25, -0.2) is 0 Å². The fourth-order valence-corrected chi connectivity index (χ4v) is 3.31. The van der Waals surface area contributed by atoms with Crippen LogP contribution in [0.4, 0.5) is 5.69 Å². The fraction of sp³-hybridized carbons (Fsp3) is 0.200. The van der Waals surface area contributed by atoms with E-state index in [1.54, 1.807) is 11.8 Å². The summed E-state index contributed by atoms with van der Waals surface area (Å²) < 4.78 is 10.7. The van der Waals surface area contributed by atoms with E-state index < -0.39 is 0 Å². The number of thioether (sulfide) groups is 1. The quantitative estimate of drug-likeness (QED) is 0.680. The zero-order valence-electron chi connectivity index (χ0n) is 11.0. The summed E-state index contributed by atoms with van der Waals surface area (Å²) in [5, 5.41) is 0.591. The second kappa shape index (κ2) is 5.46. The number of aryl methyl sites for hydroxylation is 1. The second-order valence-electron chi connectivity index (χ2n) is 4.64. The van der Waals surface area contributed by atoms with Gasteiger partial charge in [-0.15, -0.1) is 11.8 Å². The molecular formula is C15H14ClNO2S. The predicted molar refractivity (Wildman–Crippen MR) is 82.7 cm³/mol. The molecule has 2 aromatic rings. The van der Waals surface area contributed by atoms with Gasteiger partial charge in [-0.3, -0.25) is 0 Å². The summed E-state index contributed by atoms with van der Waals surface area (Å²) in [6.45, 7) is 2.29. The van der Waals surface area contributed by atoms with Crippen molar-refractivity contribution < 1.29 is 9.47 Å². The van der Waals surface area contributed by atoms with Gasteiger partial charge in [0, 0.05) is 16.3 Å². The van der Waals surface area contributed by atoms with E-state index in [1.165, 1.54) is 5.56 Å². The number of benzene rings is 2. The molecule has 0 amide bonds. The first kappa shape index (κ1) is 13.5. The van der Waals surface area contributed by atoms with Gasteiger partial charge in [-0.2, -0.15) is 0 Å². The Balaban J connectivity index is 1.79. The molecule has 0 radical (unpaired) electrons. The molecule has 0 aromatic heterocycles. The van der Waals surface area contributed by atoms with Crippen molar-refractivity contribution in [1.82, 2.24) is 0 Å². The lowest BCUT2D eigenvalue weighted by atomic mass is 10.2. The second-order valence-corrected chi connectivity index (χ2v) is 6.07. The van der Waals surface area contributed by atoms with Crippen molar-refractivity contribution in [3.63, 3.8) is 0 Å². The third kappa shape index (κ3) is 2.67. The molecular weight excluding hydrogens is 294 g/mol. The first-order valence-electron chi connectivity index (χ1n) is 6.20. The van der Waals surface area contributed by atoms with Crippen molar-refractivity contribution in [2.24, 2.45) is 0 Å². The Morgan fingerprint density at radius 1 is 1.25 bits per heavy atom. The van der Waals surface area contributed by atoms with Crippen LogP contribution in [0.25, 0.3) is 0 Å². The number of rotatable bonds is 3. The van der Waals surface area contributed by atoms with Gasteiger partial charge in [-0.05, 0) is 42.3 Å². The lowest BCUT2D eigenvalue weighted by Gasteiger charge is -2.08. The van der Waals surface area contributed by atoms with E-state index >= 15 is 0 Å². The van der Waals surface area contributed by atoms with E-state index in [9.17, 15) is 0 Å². The lowest BCUT2D eigenvalue weighted by Crippen LogP contribution is -1.93. The van der Waals surface area contributed by atoms with Gasteiger partial charge in [0.2, 0.25) is 6.79 Å². The highest BCUT2D eigenvalue weighted by Crippen LogP contribution is 2.41. The molecule has 1 aliphatic rings. The standard InChI is InChI=1S/C15H14ClNO2S/c1-9-2-3-12(17)14(4-9)20-7-10-5-11(16)15-13(6-10)18-8-19-15/h2-6H,7-8,17H2,1H3. The highest BCUT2D eigenvalue weighted by molar-refractivity contribution is 7.98. The summed E-state index contributed by atoms with van der Waals surface area (Å²) in [6, 6.07) is 9.91. The molecule has 5 heteroatoms. The van der Waals surface area contributed by atoms with E-state index in [0.717, 1.165) is 21.9 Å². The van der Waals surface area contributed by atoms with Crippen molar-refractivity contribution in [3.8, 4) is 11.5 Å². The van der Waals surface area contributed by atoms with Crippen molar-refractivity contribution >= 4 is 29.1 Å². The maximum Gasteiger partial charge on any atom is 0.231 e. The third-order valence-corrected chi connectivity index (χ3v) is 4.47. The Labute approximate surface area is 127 Å². The van der Waals surface area contributed by atoms with E-state index in [0.29, 0.717) is 16.5 Å². The molecule has 0 bridgehead atoms. The van der Waals surface area contributed by atoms with Gasteiger partial charge in [0.25, 0.3) is 0 Å². The molecule has 2 N–H and O–H groups in total. The number of halogens is 1. The zero-order chi connectivity index (χ0) is 14.1. The molecule has 1 aliphatic heterocycles. The summed E-state index contributed by atoms with van der Waals surface area (Å²) in [5.41, 5.74) is 9.07. The zero-order valence-corrected chi connectivity index (χ0v) is 12.6. The number of hydrogen-bond donors (Lipinski definition) is 1. The minimum Gasteiger partial charge on any atom is -0.454 e. The van der Waals surface area contributed by atoms with Gasteiger partial charge in [0.1, 0.15) is 0 Å². The van der Waals surface area contributed by atoms with Crippen LogP contribution < -0.4 is 15.2 Å². The average Bonchev–Trinajstić information content (AvgIpc) is 2.89. The fourth-order valence-electron chi connectivity index (χ4n) is 2.03. The van der Waals surface area contributed by atoms with Crippen LogP contribution in [0.3, 0.4) is 0 Å². The van der Waals surface area contributed by atoms with E-state index in [-0.39, 0.29) is 6.79 Å². The van der Waals surface area contributed by atoms with Crippen LogP contribution in [0.5, 0.6) is 11.5 Å². The van der Waals surface area contributed by atoms with E-state index in [1.807, 2.05) is 24.3 Å². The van der Waals surface area contributed by atoms with Crippen LogP contribution in [-0.2, 0) is 5.75 Å². The predicted octanol–water partition coefficient (Wildman–Crippen LogP) is 4.25. The normalized spacial score (nSPS) is 12.7. The van der Waals surface area contributed by atoms with Crippen molar-refractivity contribution in [2.45, 2.75) is 17.6 Å². The molecule has 0 saturated carbocycles. The molecule has 104 valence electrons. The highest BCUT2D eigenvalue weighted by atomic mass is 35.5. The number of fused-ring (bicyclic) bond motifs is 1. The SMILES string of the molecule is Cc1ccc(N)c(SCc2cc(Cl)c3c(c2)OCO3)c1. The van der Waals surface area contributed by atoms with Gasteiger partial charge in [0.05, 0.1) is 5.02 Å². The van der Waals surface area contributed by atoms with Crippen LogP contribution >= 0.6 is 23.4 Å². The van der Waals surface area contributed by atoms with Crippen LogP contribution in [0.2, 0.25) is 5.02 Å². The van der Waals surface area contributed by atoms with Crippen LogP contribution in [0.1, 0.15) is 11.1 Å². The maximum atomic E-state index is 6.17. The molecule has 0 aliphatic carbocycles. The minimum absolute atomic E-state index is 0.233. The molecule has 0 saturated heterocycles. The van der Waals surface area contributed by atoms with Gasteiger partial charge < -0.3 is 15.2 Å². The first-order valence-corrected chi connectivity index (χ1v) is 7.57. The average molecular weight is 308 g/mol. The lowest BCUT2D eigenvalue weighted by molar-refractivity contribution is 0.174. The molecule has 1 heterocycles. The van der Waals surface area contributed by atoms with Crippen molar-refractivity contribution in [3.05, 3.63) is 46.5 Å². The monoisotopic (exact) mass is 307 g/mol. The summed E-state index contributed by atoms with van der Waals surface area (Å²) >= 11 is 7.86. The summed E-state index contributed by atoms with van der Waals surface area (Å²) in [6.07, 6.45) is 0. The number of ether oxygens (including phenoxy) is 2. The van der Waals surface area contributed by atoms with Crippen molar-refractivity contribution in [2.75, 3.05) is 12.5 Å². The van der Waals surface area contributed by atoms with Gasteiger partial charge in [-0.1, -0.05) is 17.7 Å². The van der Waals surface area contributed by atoms with E-state index in [2.05, 4.69) is 13.0 Å². The molecule has 20 heavy (non-hydrogen) atoms. The van der Waals surface area contributed by atoms with Crippen molar-refractivity contribution in [1.29, 1.82) is 0 Å². The smallest absolute Gasteiger partial charge is 0.231 e. The minimum atomic E-state index is 0.233. The van der Waals surface area contributed by atoms with Crippen LogP contribution in [0.15, 0.2) is 35.2 Å². The highest BCUT2D eigenvalue weighted by Gasteiger charge is 2.18. The topological polar surface area (TPSA) is 44.5 Å². The molecule has 3 rings (SSSR count). The molecule has 3 nitrogen and oxygen atoms in total. The van der Waals surface area contributed by atoms with Crippen LogP contribution in [0, 0.1) is 6.92 Å². The third-order valence-electron chi connectivity index (χ3n) is 3.05. The summed E-state index contributed by atoms with van der Waals surface area (Å²) in [5.74, 6) is 2.13. The molecule has 0 unspecified atom stereocenters.